The molecule has 2 aromatic heterocycles. The number of benzene rings is 2. The summed E-state index contributed by atoms with van der Waals surface area (Å²) in [6.45, 7) is 3.89. The highest BCUT2D eigenvalue weighted by molar-refractivity contribution is 5.99. The highest BCUT2D eigenvalue weighted by Gasteiger charge is 2.25. The minimum absolute atomic E-state index is 0.207. The zero-order valence-electron chi connectivity index (χ0n) is 17.5. The van der Waals surface area contributed by atoms with E-state index in [9.17, 15) is 4.79 Å². The van der Waals surface area contributed by atoms with Crippen LogP contribution in [0.1, 0.15) is 39.0 Å². The summed E-state index contributed by atoms with van der Waals surface area (Å²) < 4.78 is 7.44. The van der Waals surface area contributed by atoms with Crippen molar-refractivity contribution in [3.8, 4) is 5.75 Å². The number of ether oxygens (including phenoxy) is 1. The van der Waals surface area contributed by atoms with Crippen molar-refractivity contribution in [1.29, 1.82) is 0 Å². The summed E-state index contributed by atoms with van der Waals surface area (Å²) in [5.41, 5.74) is 4.08. The lowest BCUT2D eigenvalue weighted by Gasteiger charge is -2.21. The molecule has 0 fully saturated rings. The fraction of sp³-hybridized carbons (Fsp3) is 0.208. The van der Waals surface area contributed by atoms with Gasteiger partial charge in [-0.15, -0.1) is 0 Å². The van der Waals surface area contributed by atoms with E-state index in [-0.39, 0.29) is 5.91 Å². The monoisotopic (exact) mass is 400 g/mol. The number of nitrogens with zero attached hydrogens (tertiary/aromatic N) is 3. The molecular weight excluding hydrogens is 376 g/mol. The number of rotatable bonds is 5. The van der Waals surface area contributed by atoms with Crippen molar-refractivity contribution in [2.45, 2.75) is 19.9 Å². The van der Waals surface area contributed by atoms with Gasteiger partial charge in [0.15, 0.2) is 0 Å². The highest BCUT2D eigenvalue weighted by Crippen LogP contribution is 2.29. The summed E-state index contributed by atoms with van der Waals surface area (Å²) in [5.74, 6) is 1.20. The minimum atomic E-state index is -0.471. The predicted molar refractivity (Wildman–Crippen MR) is 117 cm³/mol. The predicted octanol–water partition coefficient (Wildman–Crippen LogP) is 4.11. The Morgan fingerprint density at radius 2 is 1.93 bits per heavy atom. The molecule has 0 aliphatic heterocycles. The molecule has 1 unspecified atom stereocenters. The van der Waals surface area contributed by atoms with Crippen LogP contribution < -0.4 is 10.1 Å². The summed E-state index contributed by atoms with van der Waals surface area (Å²) >= 11 is 0. The van der Waals surface area contributed by atoms with E-state index in [2.05, 4.69) is 15.3 Å². The molecule has 0 aliphatic carbocycles. The first-order chi connectivity index (χ1) is 14.5. The molecule has 0 bridgehead atoms. The second kappa shape index (κ2) is 7.99. The van der Waals surface area contributed by atoms with Crippen LogP contribution in [0.5, 0.6) is 5.75 Å². The third kappa shape index (κ3) is 3.64. The topological polar surface area (TPSA) is 69.0 Å². The van der Waals surface area contributed by atoms with Gasteiger partial charge in [-0.25, -0.2) is 4.98 Å². The number of methoxy groups -OCH3 is 1. The third-order valence-corrected chi connectivity index (χ3v) is 5.25. The van der Waals surface area contributed by atoms with Crippen LogP contribution in [0.25, 0.3) is 10.9 Å². The van der Waals surface area contributed by atoms with Crippen molar-refractivity contribution in [1.82, 2.24) is 19.9 Å². The van der Waals surface area contributed by atoms with Gasteiger partial charge in [0.05, 0.1) is 23.9 Å². The van der Waals surface area contributed by atoms with Gasteiger partial charge < -0.3 is 14.6 Å². The van der Waals surface area contributed by atoms with Crippen LogP contribution in [-0.4, -0.2) is 27.6 Å². The summed E-state index contributed by atoms with van der Waals surface area (Å²) in [5, 5.41) is 4.07. The molecule has 0 saturated heterocycles. The van der Waals surface area contributed by atoms with Crippen LogP contribution in [0.4, 0.5) is 0 Å². The van der Waals surface area contributed by atoms with E-state index < -0.39 is 6.04 Å². The van der Waals surface area contributed by atoms with Crippen molar-refractivity contribution < 1.29 is 9.53 Å². The molecule has 0 spiro atoms. The molecule has 1 amide bonds. The van der Waals surface area contributed by atoms with E-state index in [4.69, 9.17) is 4.74 Å². The Bertz CT molecular complexity index is 1230. The second-order valence-corrected chi connectivity index (χ2v) is 7.36. The molecule has 0 saturated carbocycles. The van der Waals surface area contributed by atoms with Crippen molar-refractivity contribution in [2.24, 2.45) is 7.05 Å². The smallest absolute Gasteiger partial charge is 0.253 e. The minimum Gasteiger partial charge on any atom is -0.496 e. The molecule has 6 nitrogen and oxygen atoms in total. The molecular formula is C24H24N4O2. The molecule has 4 aromatic rings. The van der Waals surface area contributed by atoms with E-state index in [1.54, 1.807) is 13.3 Å². The molecule has 4 rings (SSSR count). The lowest BCUT2D eigenvalue weighted by atomic mass is 10.0. The number of nitrogens with one attached hydrogen (secondary N) is 1. The SMILES string of the molecule is COc1ccccc1C(NC(=O)c1cc2ccc(C)cc2nc1C)c1nccn1C. The summed E-state index contributed by atoms with van der Waals surface area (Å²) in [6.07, 6.45) is 3.57. The summed E-state index contributed by atoms with van der Waals surface area (Å²) in [6, 6.07) is 15.1. The van der Waals surface area contributed by atoms with E-state index in [1.165, 1.54) is 0 Å². The Balaban J connectivity index is 1.76. The Hall–Kier alpha value is -3.67. The maximum Gasteiger partial charge on any atom is 0.253 e. The van der Waals surface area contributed by atoms with Crippen LogP contribution in [0, 0.1) is 13.8 Å². The van der Waals surface area contributed by atoms with Crippen LogP contribution in [0.3, 0.4) is 0 Å². The molecule has 152 valence electrons. The van der Waals surface area contributed by atoms with Crippen molar-refractivity contribution in [2.75, 3.05) is 7.11 Å². The molecule has 1 atom stereocenters. The number of aromatic nitrogens is 3. The van der Waals surface area contributed by atoms with Gasteiger partial charge in [-0.05, 0) is 37.6 Å². The van der Waals surface area contributed by atoms with Crippen molar-refractivity contribution in [3.05, 3.63) is 89.1 Å². The molecule has 2 aromatic carbocycles. The summed E-state index contributed by atoms with van der Waals surface area (Å²) in [4.78, 5) is 22.5. The van der Waals surface area contributed by atoms with Gasteiger partial charge in [-0.3, -0.25) is 9.78 Å². The largest absolute Gasteiger partial charge is 0.496 e. The van der Waals surface area contributed by atoms with Crippen molar-refractivity contribution in [3.63, 3.8) is 0 Å². The average Bonchev–Trinajstić information content (AvgIpc) is 3.16. The van der Waals surface area contributed by atoms with Crippen LogP contribution >= 0.6 is 0 Å². The Labute approximate surface area is 175 Å². The average molecular weight is 400 g/mol. The van der Waals surface area contributed by atoms with Gasteiger partial charge >= 0.3 is 0 Å². The van der Waals surface area contributed by atoms with Crippen molar-refractivity contribution >= 4 is 16.8 Å². The Morgan fingerprint density at radius 1 is 1.13 bits per heavy atom. The van der Waals surface area contributed by atoms with Crippen LogP contribution in [-0.2, 0) is 7.05 Å². The third-order valence-electron chi connectivity index (χ3n) is 5.25. The highest BCUT2D eigenvalue weighted by atomic mass is 16.5. The first-order valence-corrected chi connectivity index (χ1v) is 9.77. The standard InChI is InChI=1S/C24H24N4O2/c1-15-9-10-17-14-19(16(2)26-20(17)13-15)24(29)27-22(23-25-11-12-28(23)3)18-7-5-6-8-21(18)30-4/h5-14,22H,1-4H3,(H,27,29). The molecule has 1 N–H and O–H groups in total. The number of carbonyl (C=O) groups excluding carboxylic acids is 1. The van der Waals surface area contributed by atoms with E-state index in [0.717, 1.165) is 27.9 Å². The normalized spacial score (nSPS) is 12.0. The molecule has 0 radical (unpaired) electrons. The number of carbonyl (C=O) groups is 1. The zero-order chi connectivity index (χ0) is 21.3. The number of fused-ring (bicyclic) bond motifs is 1. The van der Waals surface area contributed by atoms with Gasteiger partial charge in [0, 0.05) is 30.4 Å². The van der Waals surface area contributed by atoms with Gasteiger partial charge in [-0.1, -0.05) is 30.3 Å². The lowest BCUT2D eigenvalue weighted by molar-refractivity contribution is 0.0940. The lowest BCUT2D eigenvalue weighted by Crippen LogP contribution is -2.32. The van der Waals surface area contributed by atoms with Gasteiger partial charge in [0.25, 0.3) is 5.91 Å². The van der Waals surface area contributed by atoms with E-state index in [1.807, 2.05) is 80.2 Å². The fourth-order valence-corrected chi connectivity index (χ4v) is 3.65. The van der Waals surface area contributed by atoms with Gasteiger partial charge in [-0.2, -0.15) is 0 Å². The fourth-order valence-electron chi connectivity index (χ4n) is 3.65. The van der Waals surface area contributed by atoms with E-state index in [0.29, 0.717) is 17.0 Å². The maximum absolute atomic E-state index is 13.3. The number of para-hydroxylation sites is 1. The molecule has 30 heavy (non-hydrogen) atoms. The Morgan fingerprint density at radius 3 is 2.67 bits per heavy atom. The number of hydrogen-bond acceptors (Lipinski definition) is 4. The van der Waals surface area contributed by atoms with Gasteiger partial charge in [0.2, 0.25) is 0 Å². The van der Waals surface area contributed by atoms with Crippen LogP contribution in [0.2, 0.25) is 0 Å². The number of pyridine rings is 1. The molecule has 0 aliphatic rings. The van der Waals surface area contributed by atoms with Crippen LogP contribution in [0.15, 0.2) is 60.9 Å². The second-order valence-electron chi connectivity index (χ2n) is 7.36. The maximum atomic E-state index is 13.3. The number of amides is 1. The number of aryl methyl sites for hydroxylation is 3. The molecule has 2 heterocycles. The first-order valence-electron chi connectivity index (χ1n) is 9.77. The number of hydrogen-bond donors (Lipinski definition) is 1. The first kappa shape index (κ1) is 19.6. The van der Waals surface area contributed by atoms with E-state index >= 15 is 0 Å². The van der Waals surface area contributed by atoms with Gasteiger partial charge in [0.1, 0.15) is 17.6 Å². The molecule has 6 heteroatoms. The number of imidazole rings is 1. The summed E-state index contributed by atoms with van der Waals surface area (Å²) in [7, 11) is 3.53. The Kier molecular flexibility index (Phi) is 5.23. The zero-order valence-corrected chi connectivity index (χ0v) is 17.5. The quantitative estimate of drug-likeness (QED) is 0.547.